The van der Waals surface area contributed by atoms with Crippen LogP contribution in [0.1, 0.15) is 37.0 Å². The van der Waals surface area contributed by atoms with E-state index in [-0.39, 0.29) is 5.38 Å². The summed E-state index contributed by atoms with van der Waals surface area (Å²) in [4.78, 5) is 8.76. The molecule has 108 valence electrons. The van der Waals surface area contributed by atoms with Gasteiger partial charge in [0.15, 0.2) is 0 Å². The number of aromatic nitrogens is 3. The Labute approximate surface area is 129 Å². The predicted octanol–water partition coefficient (Wildman–Crippen LogP) is 4.67. The van der Waals surface area contributed by atoms with E-state index in [9.17, 15) is 0 Å². The van der Waals surface area contributed by atoms with Crippen molar-refractivity contribution in [2.75, 3.05) is 0 Å². The second-order valence-corrected chi connectivity index (χ2v) is 5.86. The van der Waals surface area contributed by atoms with Crippen LogP contribution >= 0.6 is 11.6 Å². The summed E-state index contributed by atoms with van der Waals surface area (Å²) in [5.74, 6) is 0.850. The molecule has 1 atom stereocenters. The van der Waals surface area contributed by atoms with E-state index in [0.29, 0.717) is 0 Å². The molecule has 0 aliphatic rings. The summed E-state index contributed by atoms with van der Waals surface area (Å²) in [6.07, 6.45) is 5.82. The second kappa shape index (κ2) is 5.86. The number of pyridine rings is 1. The quantitative estimate of drug-likeness (QED) is 0.655. The van der Waals surface area contributed by atoms with Crippen LogP contribution in [-0.4, -0.2) is 14.5 Å². The zero-order valence-electron chi connectivity index (χ0n) is 12.3. The van der Waals surface area contributed by atoms with E-state index >= 15 is 0 Å². The average molecular weight is 300 g/mol. The van der Waals surface area contributed by atoms with Gasteiger partial charge in [0, 0.05) is 11.9 Å². The Kier molecular flexibility index (Phi) is 3.93. The largest absolute Gasteiger partial charge is 0.295 e. The van der Waals surface area contributed by atoms with Crippen molar-refractivity contribution in [1.82, 2.24) is 14.5 Å². The molecule has 2 aromatic heterocycles. The van der Waals surface area contributed by atoms with Crippen LogP contribution in [-0.2, 0) is 6.42 Å². The van der Waals surface area contributed by atoms with Gasteiger partial charge in [0.25, 0.3) is 0 Å². The number of nitrogens with zero attached hydrogens (tertiary/aromatic N) is 3. The fourth-order valence-electron chi connectivity index (χ4n) is 2.59. The minimum Gasteiger partial charge on any atom is -0.295 e. The Morgan fingerprint density at radius 3 is 2.62 bits per heavy atom. The number of benzene rings is 1. The van der Waals surface area contributed by atoms with E-state index < -0.39 is 0 Å². The van der Waals surface area contributed by atoms with Crippen molar-refractivity contribution in [3.05, 3.63) is 54.1 Å². The first-order valence-corrected chi connectivity index (χ1v) is 7.70. The van der Waals surface area contributed by atoms with Crippen LogP contribution in [0.5, 0.6) is 0 Å². The molecule has 0 aliphatic carbocycles. The number of alkyl halides is 1. The van der Waals surface area contributed by atoms with Crippen molar-refractivity contribution in [3.8, 4) is 5.69 Å². The summed E-state index contributed by atoms with van der Waals surface area (Å²) in [6.45, 7) is 4.13. The van der Waals surface area contributed by atoms with Crippen LogP contribution < -0.4 is 0 Å². The van der Waals surface area contributed by atoms with Gasteiger partial charge in [-0.25, -0.2) is 4.98 Å². The number of hydrogen-bond acceptors (Lipinski definition) is 2. The predicted molar refractivity (Wildman–Crippen MR) is 87.1 cm³/mol. The Bertz CT molecular complexity index is 744. The maximum atomic E-state index is 6.31. The minimum absolute atomic E-state index is 0.160. The molecule has 0 bridgehead atoms. The summed E-state index contributed by atoms with van der Waals surface area (Å²) in [5, 5.41) is -0.160. The molecule has 1 aromatic carbocycles. The van der Waals surface area contributed by atoms with Gasteiger partial charge in [0.05, 0.1) is 17.1 Å². The molecule has 1 unspecified atom stereocenters. The highest BCUT2D eigenvalue weighted by atomic mass is 35.5. The number of aryl methyl sites for hydroxylation is 1. The molecular formula is C17H18ClN3. The highest BCUT2D eigenvalue weighted by Crippen LogP contribution is 2.27. The highest BCUT2D eigenvalue weighted by Gasteiger charge is 2.16. The van der Waals surface area contributed by atoms with Crippen molar-refractivity contribution < 1.29 is 0 Å². The zero-order chi connectivity index (χ0) is 14.8. The number of imidazole rings is 1. The number of halogens is 1. The molecule has 0 fully saturated rings. The monoisotopic (exact) mass is 299 g/mol. The molecule has 0 radical (unpaired) electrons. The van der Waals surface area contributed by atoms with Gasteiger partial charge in [-0.15, -0.1) is 11.6 Å². The third-order valence-corrected chi connectivity index (χ3v) is 3.77. The molecule has 3 nitrogen and oxygen atoms in total. The number of hydrogen-bond donors (Lipinski definition) is 0. The lowest BCUT2D eigenvalue weighted by molar-refractivity contribution is 0.879. The van der Waals surface area contributed by atoms with Gasteiger partial charge < -0.3 is 0 Å². The average Bonchev–Trinajstić information content (AvgIpc) is 2.88. The van der Waals surface area contributed by atoms with E-state index in [1.165, 1.54) is 5.56 Å². The molecule has 0 N–H and O–H groups in total. The SMILES string of the molecule is CCCc1ccc(-n2c(C(C)Cl)nc3cnccc32)cc1. The lowest BCUT2D eigenvalue weighted by Crippen LogP contribution is -2.02. The van der Waals surface area contributed by atoms with Crippen LogP contribution in [0.3, 0.4) is 0 Å². The van der Waals surface area contributed by atoms with E-state index in [4.69, 9.17) is 11.6 Å². The fraction of sp³-hybridized carbons (Fsp3) is 0.294. The van der Waals surface area contributed by atoms with E-state index in [2.05, 4.69) is 45.7 Å². The van der Waals surface area contributed by atoms with E-state index in [0.717, 1.165) is 35.4 Å². The third kappa shape index (κ3) is 2.66. The Morgan fingerprint density at radius 1 is 1.19 bits per heavy atom. The van der Waals surface area contributed by atoms with Gasteiger partial charge in [0.2, 0.25) is 0 Å². The van der Waals surface area contributed by atoms with Gasteiger partial charge in [-0.1, -0.05) is 25.5 Å². The molecule has 3 aromatic rings. The second-order valence-electron chi connectivity index (χ2n) is 5.20. The van der Waals surface area contributed by atoms with Crippen LogP contribution in [0.2, 0.25) is 0 Å². The summed E-state index contributed by atoms with van der Waals surface area (Å²) in [7, 11) is 0. The standard InChI is InChI=1S/C17H18ClN3/c1-3-4-13-5-7-14(8-6-13)21-16-9-10-19-11-15(16)20-17(21)12(2)18/h5-12H,3-4H2,1-2H3. The first kappa shape index (κ1) is 14.1. The van der Waals surface area contributed by atoms with Gasteiger partial charge >= 0.3 is 0 Å². The Hall–Kier alpha value is -1.87. The van der Waals surface area contributed by atoms with Crippen molar-refractivity contribution in [1.29, 1.82) is 0 Å². The maximum absolute atomic E-state index is 6.31. The van der Waals surface area contributed by atoms with Crippen molar-refractivity contribution in [3.63, 3.8) is 0 Å². The molecule has 0 aliphatic heterocycles. The van der Waals surface area contributed by atoms with Gasteiger partial charge in [-0.3, -0.25) is 9.55 Å². The molecule has 21 heavy (non-hydrogen) atoms. The molecule has 3 rings (SSSR count). The summed E-state index contributed by atoms with van der Waals surface area (Å²) >= 11 is 6.31. The van der Waals surface area contributed by atoms with Crippen LogP contribution in [0.15, 0.2) is 42.7 Å². The molecule has 4 heteroatoms. The lowest BCUT2D eigenvalue weighted by Gasteiger charge is -2.11. The van der Waals surface area contributed by atoms with Crippen molar-refractivity contribution in [2.24, 2.45) is 0 Å². The van der Waals surface area contributed by atoms with Crippen molar-refractivity contribution in [2.45, 2.75) is 32.1 Å². The van der Waals surface area contributed by atoms with Gasteiger partial charge in [-0.2, -0.15) is 0 Å². The summed E-state index contributed by atoms with van der Waals surface area (Å²) in [6, 6.07) is 10.6. The normalized spacial score (nSPS) is 12.7. The molecule has 0 saturated carbocycles. The number of rotatable bonds is 4. The topological polar surface area (TPSA) is 30.7 Å². The Balaban J connectivity index is 2.15. The van der Waals surface area contributed by atoms with Gasteiger partial charge in [0.1, 0.15) is 11.3 Å². The van der Waals surface area contributed by atoms with Gasteiger partial charge in [-0.05, 0) is 37.1 Å². The number of fused-ring (bicyclic) bond motifs is 1. The Morgan fingerprint density at radius 2 is 1.95 bits per heavy atom. The minimum atomic E-state index is -0.160. The highest BCUT2D eigenvalue weighted by molar-refractivity contribution is 6.20. The van der Waals surface area contributed by atoms with Crippen molar-refractivity contribution >= 4 is 22.6 Å². The smallest absolute Gasteiger partial charge is 0.132 e. The molecule has 0 spiro atoms. The van der Waals surface area contributed by atoms with Crippen LogP contribution in [0.4, 0.5) is 0 Å². The molecule has 0 amide bonds. The first-order valence-electron chi connectivity index (χ1n) is 7.26. The van der Waals surface area contributed by atoms with E-state index in [1.54, 1.807) is 12.4 Å². The molecule has 0 saturated heterocycles. The third-order valence-electron chi connectivity index (χ3n) is 3.57. The zero-order valence-corrected chi connectivity index (χ0v) is 13.0. The lowest BCUT2D eigenvalue weighted by atomic mass is 10.1. The molecular weight excluding hydrogens is 282 g/mol. The van der Waals surface area contributed by atoms with Crippen LogP contribution in [0, 0.1) is 0 Å². The maximum Gasteiger partial charge on any atom is 0.132 e. The van der Waals surface area contributed by atoms with E-state index in [1.807, 2.05) is 13.0 Å². The fourth-order valence-corrected chi connectivity index (χ4v) is 2.74. The van der Waals surface area contributed by atoms with Crippen LogP contribution in [0.25, 0.3) is 16.7 Å². The summed E-state index contributed by atoms with van der Waals surface area (Å²) < 4.78 is 2.12. The molecule has 2 heterocycles. The first-order chi connectivity index (χ1) is 10.2. The summed E-state index contributed by atoms with van der Waals surface area (Å²) in [5.41, 5.74) is 4.35.